The first-order valence-corrected chi connectivity index (χ1v) is 7.55. The summed E-state index contributed by atoms with van der Waals surface area (Å²) in [6, 6.07) is 4.40. The van der Waals surface area contributed by atoms with Crippen LogP contribution >= 0.6 is 22.9 Å². The number of hydrogen-bond donors (Lipinski definition) is 1. The number of hydrogen-bond acceptors (Lipinski definition) is 3. The first kappa shape index (κ1) is 13.8. The molecule has 1 aromatic rings. The van der Waals surface area contributed by atoms with Crippen LogP contribution in [0.2, 0.25) is 4.34 Å². The molecule has 18 heavy (non-hydrogen) atoms. The van der Waals surface area contributed by atoms with E-state index >= 15 is 0 Å². The smallest absolute Gasteiger partial charge is 0.223 e. The van der Waals surface area contributed by atoms with Gasteiger partial charge in [-0.25, -0.2) is 0 Å². The molecule has 0 spiro atoms. The number of likely N-dealkylation sites (tertiary alicyclic amines) is 1. The van der Waals surface area contributed by atoms with E-state index in [2.05, 4.69) is 6.92 Å². The van der Waals surface area contributed by atoms with Crippen molar-refractivity contribution in [2.45, 2.75) is 44.7 Å². The lowest BCUT2D eigenvalue weighted by atomic mass is 9.98. The second kappa shape index (κ2) is 6.04. The molecular formula is C13H19ClN2OS. The molecule has 0 radical (unpaired) electrons. The molecule has 0 unspecified atom stereocenters. The molecule has 1 aliphatic rings. The Balaban J connectivity index is 1.84. The van der Waals surface area contributed by atoms with Gasteiger partial charge in [0, 0.05) is 29.9 Å². The van der Waals surface area contributed by atoms with Gasteiger partial charge in [0.05, 0.1) is 4.34 Å². The zero-order chi connectivity index (χ0) is 13.1. The maximum atomic E-state index is 12.2. The second-order valence-electron chi connectivity index (χ2n) is 4.93. The molecule has 2 atom stereocenters. The van der Waals surface area contributed by atoms with Gasteiger partial charge in [-0.1, -0.05) is 11.6 Å². The van der Waals surface area contributed by atoms with Gasteiger partial charge in [-0.3, -0.25) is 4.79 Å². The van der Waals surface area contributed by atoms with Crippen molar-refractivity contribution in [3.63, 3.8) is 0 Å². The Kier molecular flexibility index (Phi) is 4.65. The molecule has 3 nitrogen and oxygen atoms in total. The van der Waals surface area contributed by atoms with Gasteiger partial charge in [0.2, 0.25) is 5.91 Å². The fourth-order valence-electron chi connectivity index (χ4n) is 2.44. The van der Waals surface area contributed by atoms with E-state index in [1.165, 1.54) is 4.88 Å². The van der Waals surface area contributed by atoms with E-state index in [1.807, 2.05) is 17.0 Å². The van der Waals surface area contributed by atoms with Gasteiger partial charge in [0.1, 0.15) is 0 Å². The zero-order valence-electron chi connectivity index (χ0n) is 10.6. The molecule has 1 saturated heterocycles. The van der Waals surface area contributed by atoms with Crippen molar-refractivity contribution < 1.29 is 4.79 Å². The third kappa shape index (κ3) is 3.46. The van der Waals surface area contributed by atoms with Crippen LogP contribution in [0.4, 0.5) is 0 Å². The van der Waals surface area contributed by atoms with E-state index in [4.69, 9.17) is 17.3 Å². The average Bonchev–Trinajstić information content (AvgIpc) is 2.72. The van der Waals surface area contributed by atoms with Crippen molar-refractivity contribution in [2.24, 2.45) is 5.73 Å². The Bertz CT molecular complexity index is 421. The minimum atomic E-state index is 0.235. The summed E-state index contributed by atoms with van der Waals surface area (Å²) in [5.74, 6) is 0.235. The zero-order valence-corrected chi connectivity index (χ0v) is 12.1. The lowest BCUT2D eigenvalue weighted by Crippen LogP contribution is -2.48. The van der Waals surface area contributed by atoms with E-state index in [1.54, 1.807) is 11.3 Å². The summed E-state index contributed by atoms with van der Waals surface area (Å²) in [5.41, 5.74) is 5.90. The topological polar surface area (TPSA) is 46.3 Å². The number of piperidine rings is 1. The maximum Gasteiger partial charge on any atom is 0.223 e. The van der Waals surface area contributed by atoms with Crippen LogP contribution in [-0.4, -0.2) is 29.4 Å². The highest BCUT2D eigenvalue weighted by molar-refractivity contribution is 7.16. The third-order valence-corrected chi connectivity index (χ3v) is 4.74. The number of nitrogens with two attached hydrogens (primary N) is 1. The summed E-state index contributed by atoms with van der Waals surface area (Å²) in [4.78, 5) is 15.3. The van der Waals surface area contributed by atoms with Crippen molar-refractivity contribution in [3.05, 3.63) is 21.3 Å². The highest BCUT2D eigenvalue weighted by Gasteiger charge is 2.26. The van der Waals surface area contributed by atoms with Crippen LogP contribution < -0.4 is 5.73 Å². The largest absolute Gasteiger partial charge is 0.340 e. The van der Waals surface area contributed by atoms with E-state index in [0.29, 0.717) is 6.42 Å². The second-order valence-corrected chi connectivity index (χ2v) is 6.73. The Labute approximate surface area is 117 Å². The molecule has 0 bridgehead atoms. The van der Waals surface area contributed by atoms with E-state index in [-0.39, 0.29) is 18.0 Å². The number of rotatable bonds is 3. The number of carbonyl (C=O) groups excluding carboxylic acids is 1. The molecule has 2 rings (SSSR count). The summed E-state index contributed by atoms with van der Waals surface area (Å²) >= 11 is 7.43. The number of thiophene rings is 1. The number of halogens is 1. The summed E-state index contributed by atoms with van der Waals surface area (Å²) in [5, 5.41) is 0. The minimum absolute atomic E-state index is 0.235. The Morgan fingerprint density at radius 1 is 1.61 bits per heavy atom. The fourth-order valence-corrected chi connectivity index (χ4v) is 3.53. The van der Waals surface area contributed by atoms with E-state index in [9.17, 15) is 4.79 Å². The van der Waals surface area contributed by atoms with Gasteiger partial charge in [-0.15, -0.1) is 11.3 Å². The van der Waals surface area contributed by atoms with Gasteiger partial charge in [-0.2, -0.15) is 0 Å². The van der Waals surface area contributed by atoms with Crippen LogP contribution in [-0.2, 0) is 11.2 Å². The number of amides is 1. The monoisotopic (exact) mass is 286 g/mol. The van der Waals surface area contributed by atoms with Crippen LogP contribution in [0.3, 0.4) is 0 Å². The molecule has 1 fully saturated rings. The van der Waals surface area contributed by atoms with Gasteiger partial charge in [0.15, 0.2) is 0 Å². The first-order valence-electron chi connectivity index (χ1n) is 6.35. The number of aryl methyl sites for hydroxylation is 1. The molecule has 1 aromatic heterocycles. The van der Waals surface area contributed by atoms with Crippen LogP contribution in [0.25, 0.3) is 0 Å². The molecule has 2 N–H and O–H groups in total. The number of carbonyl (C=O) groups is 1. The van der Waals surface area contributed by atoms with Gasteiger partial charge < -0.3 is 10.6 Å². The van der Waals surface area contributed by atoms with Gasteiger partial charge >= 0.3 is 0 Å². The lowest BCUT2D eigenvalue weighted by Gasteiger charge is -2.36. The SMILES string of the molecule is C[C@@H]1C[C@@H](N)CCN1C(=O)CCc1ccc(Cl)s1. The summed E-state index contributed by atoms with van der Waals surface area (Å²) in [6.45, 7) is 2.88. The van der Waals surface area contributed by atoms with Gasteiger partial charge in [0.25, 0.3) is 0 Å². The van der Waals surface area contributed by atoms with Crippen molar-refractivity contribution in [1.29, 1.82) is 0 Å². The Morgan fingerprint density at radius 3 is 3.00 bits per heavy atom. The van der Waals surface area contributed by atoms with Crippen LogP contribution in [0, 0.1) is 0 Å². The Hall–Kier alpha value is -0.580. The normalized spacial score (nSPS) is 24.3. The standard InChI is InChI=1S/C13H19ClN2OS/c1-9-8-10(15)6-7-16(9)13(17)5-3-11-2-4-12(14)18-11/h2,4,9-10H,3,5-8,15H2,1H3/t9-,10+/m1/s1. The molecule has 2 heterocycles. The van der Waals surface area contributed by atoms with Crippen molar-refractivity contribution in [3.8, 4) is 0 Å². The first-order chi connectivity index (χ1) is 8.56. The Morgan fingerprint density at radius 2 is 2.39 bits per heavy atom. The molecule has 100 valence electrons. The highest BCUT2D eigenvalue weighted by atomic mass is 35.5. The quantitative estimate of drug-likeness (QED) is 0.928. The molecule has 0 aromatic carbocycles. The van der Waals surface area contributed by atoms with Crippen LogP contribution in [0.5, 0.6) is 0 Å². The summed E-state index contributed by atoms with van der Waals surface area (Å²) in [7, 11) is 0. The van der Waals surface area contributed by atoms with Gasteiger partial charge in [-0.05, 0) is 38.3 Å². The average molecular weight is 287 g/mol. The van der Waals surface area contributed by atoms with Crippen molar-refractivity contribution in [2.75, 3.05) is 6.54 Å². The summed E-state index contributed by atoms with van der Waals surface area (Å²) < 4.78 is 0.787. The molecule has 0 saturated carbocycles. The summed E-state index contributed by atoms with van der Waals surface area (Å²) in [6.07, 6.45) is 3.18. The molecule has 5 heteroatoms. The molecule has 0 aliphatic carbocycles. The minimum Gasteiger partial charge on any atom is -0.340 e. The van der Waals surface area contributed by atoms with Crippen LogP contribution in [0.1, 0.15) is 31.1 Å². The number of nitrogens with zero attached hydrogens (tertiary/aromatic N) is 1. The molecular weight excluding hydrogens is 268 g/mol. The lowest BCUT2D eigenvalue weighted by molar-refractivity contribution is -0.134. The highest BCUT2D eigenvalue weighted by Crippen LogP contribution is 2.23. The van der Waals surface area contributed by atoms with E-state index < -0.39 is 0 Å². The van der Waals surface area contributed by atoms with Crippen molar-refractivity contribution >= 4 is 28.8 Å². The predicted octanol–water partition coefficient (Wildman–Crippen LogP) is 2.67. The third-order valence-electron chi connectivity index (χ3n) is 3.45. The van der Waals surface area contributed by atoms with Crippen molar-refractivity contribution in [1.82, 2.24) is 4.90 Å². The fraction of sp³-hybridized carbons (Fsp3) is 0.615. The molecule has 1 aliphatic heterocycles. The maximum absolute atomic E-state index is 12.2. The van der Waals surface area contributed by atoms with E-state index in [0.717, 1.165) is 30.1 Å². The molecule has 1 amide bonds. The predicted molar refractivity (Wildman–Crippen MR) is 76.0 cm³/mol. The van der Waals surface area contributed by atoms with Crippen LogP contribution in [0.15, 0.2) is 12.1 Å².